The summed E-state index contributed by atoms with van der Waals surface area (Å²) in [6.45, 7) is 3.87. The van der Waals surface area contributed by atoms with Gasteiger partial charge in [-0.05, 0) is 48.9 Å². The molecule has 39 heavy (non-hydrogen) atoms. The second-order valence-electron chi connectivity index (χ2n) is 9.17. The van der Waals surface area contributed by atoms with Gasteiger partial charge >= 0.3 is 0 Å². The summed E-state index contributed by atoms with van der Waals surface area (Å²) in [6.07, 6.45) is 3.37. The Labute approximate surface area is 233 Å². The van der Waals surface area contributed by atoms with Crippen LogP contribution in [0.15, 0.2) is 59.1 Å². The number of amides is 1. The zero-order valence-electron chi connectivity index (χ0n) is 22.1. The molecule has 5 rings (SSSR count). The molecule has 1 saturated heterocycles. The molecule has 9 heteroatoms. The van der Waals surface area contributed by atoms with E-state index in [0.717, 1.165) is 24.0 Å². The fraction of sp³-hybridized carbons (Fsp3) is 0.300. The van der Waals surface area contributed by atoms with Crippen LogP contribution < -0.4 is 9.47 Å². The van der Waals surface area contributed by atoms with Crippen molar-refractivity contribution in [3.8, 4) is 40.0 Å². The number of fused-ring (bicyclic) bond motifs is 1. The fourth-order valence-electron chi connectivity index (χ4n) is 4.55. The van der Waals surface area contributed by atoms with Gasteiger partial charge in [-0.3, -0.25) is 9.78 Å². The summed E-state index contributed by atoms with van der Waals surface area (Å²) in [7, 11) is 3.33. The van der Waals surface area contributed by atoms with Crippen LogP contribution in [0.2, 0.25) is 0 Å². The average molecular weight is 548 g/mol. The molecule has 0 bridgehead atoms. The van der Waals surface area contributed by atoms with Crippen molar-refractivity contribution in [3.05, 3.63) is 65.9 Å². The largest absolute Gasteiger partial charge is 0.496 e. The SMILES string of the molecule is CCN(C)C(=O)c1ccc(-c2cc3nccc(-c4ccc(OC5CCOCC5)c(C#N)c4)c3o2)c(OC)c1.Cl. The second-order valence-corrected chi connectivity index (χ2v) is 9.17. The summed E-state index contributed by atoms with van der Waals surface area (Å²) >= 11 is 0. The maximum Gasteiger partial charge on any atom is 0.253 e. The molecule has 0 radical (unpaired) electrons. The number of halogens is 1. The zero-order chi connectivity index (χ0) is 26.6. The van der Waals surface area contributed by atoms with Crippen molar-refractivity contribution in [2.24, 2.45) is 0 Å². The number of hydrogen-bond donors (Lipinski definition) is 0. The molecule has 0 unspecified atom stereocenters. The number of nitriles is 1. The molecule has 1 aliphatic rings. The van der Waals surface area contributed by atoms with Gasteiger partial charge in [-0.25, -0.2) is 0 Å². The Morgan fingerprint density at radius 3 is 2.62 bits per heavy atom. The number of hydrogen-bond acceptors (Lipinski definition) is 7. The van der Waals surface area contributed by atoms with Crippen molar-refractivity contribution < 1.29 is 23.4 Å². The zero-order valence-corrected chi connectivity index (χ0v) is 22.9. The van der Waals surface area contributed by atoms with Crippen LogP contribution >= 0.6 is 12.4 Å². The van der Waals surface area contributed by atoms with Crippen molar-refractivity contribution in [1.29, 1.82) is 5.26 Å². The number of rotatable bonds is 7. The molecule has 1 fully saturated rings. The minimum absolute atomic E-state index is 0. The summed E-state index contributed by atoms with van der Waals surface area (Å²) in [5.74, 6) is 1.59. The van der Waals surface area contributed by atoms with Gasteiger partial charge in [0.25, 0.3) is 5.91 Å². The Kier molecular flexibility index (Phi) is 8.75. The van der Waals surface area contributed by atoms with Crippen LogP contribution in [-0.2, 0) is 4.74 Å². The highest BCUT2D eigenvalue weighted by Crippen LogP contribution is 2.38. The summed E-state index contributed by atoms with van der Waals surface area (Å²) in [5, 5.41) is 9.82. The predicted octanol–water partition coefficient (Wildman–Crippen LogP) is 6.11. The molecule has 3 heterocycles. The summed E-state index contributed by atoms with van der Waals surface area (Å²) < 4.78 is 23.4. The van der Waals surface area contributed by atoms with E-state index in [9.17, 15) is 10.1 Å². The summed E-state index contributed by atoms with van der Waals surface area (Å²) in [4.78, 5) is 18.8. The van der Waals surface area contributed by atoms with Gasteiger partial charge in [-0.2, -0.15) is 5.26 Å². The van der Waals surface area contributed by atoms with E-state index in [4.69, 9.17) is 18.6 Å². The first-order valence-electron chi connectivity index (χ1n) is 12.6. The van der Waals surface area contributed by atoms with Gasteiger partial charge < -0.3 is 23.5 Å². The lowest BCUT2D eigenvalue weighted by Crippen LogP contribution is -2.26. The van der Waals surface area contributed by atoms with Crippen LogP contribution in [0.3, 0.4) is 0 Å². The van der Waals surface area contributed by atoms with Crippen LogP contribution in [0.5, 0.6) is 11.5 Å². The van der Waals surface area contributed by atoms with Gasteiger partial charge in [0.15, 0.2) is 5.58 Å². The molecular weight excluding hydrogens is 518 g/mol. The standard InChI is InChI=1S/C30H29N3O5.ClH/c1-4-33(2)30(34)20-5-7-24(27(16-20)35-3)28-17-25-29(38-28)23(9-12-32-25)19-6-8-26(21(15-19)18-31)37-22-10-13-36-14-11-22;/h5-9,12,15-17,22H,4,10-11,13-14H2,1-3H3;1H. The summed E-state index contributed by atoms with van der Waals surface area (Å²) in [5.41, 5.74) is 4.62. The Hall–Kier alpha value is -4.06. The smallest absolute Gasteiger partial charge is 0.253 e. The van der Waals surface area contributed by atoms with E-state index in [2.05, 4.69) is 11.1 Å². The van der Waals surface area contributed by atoms with Crippen molar-refractivity contribution in [2.75, 3.05) is 33.9 Å². The third-order valence-electron chi connectivity index (χ3n) is 6.82. The van der Waals surface area contributed by atoms with Gasteiger partial charge in [-0.1, -0.05) is 6.07 Å². The third-order valence-corrected chi connectivity index (χ3v) is 6.82. The van der Waals surface area contributed by atoms with Gasteiger partial charge in [-0.15, -0.1) is 12.4 Å². The first-order chi connectivity index (χ1) is 18.5. The molecule has 2 aromatic heterocycles. The van der Waals surface area contributed by atoms with Crippen LogP contribution in [0.4, 0.5) is 0 Å². The molecule has 0 spiro atoms. The van der Waals surface area contributed by atoms with Crippen LogP contribution in [0.1, 0.15) is 35.7 Å². The van der Waals surface area contributed by atoms with Crippen LogP contribution in [0, 0.1) is 11.3 Å². The van der Waals surface area contributed by atoms with E-state index < -0.39 is 0 Å². The molecule has 0 saturated carbocycles. The van der Waals surface area contributed by atoms with Gasteiger partial charge in [0, 0.05) is 49.8 Å². The molecule has 202 valence electrons. The van der Waals surface area contributed by atoms with E-state index in [0.29, 0.717) is 64.8 Å². The number of furan rings is 1. The number of carbonyl (C=O) groups is 1. The first-order valence-corrected chi connectivity index (χ1v) is 12.6. The van der Waals surface area contributed by atoms with Crippen LogP contribution in [0.25, 0.3) is 33.6 Å². The number of nitrogens with zero attached hydrogens (tertiary/aromatic N) is 3. The predicted molar refractivity (Wildman–Crippen MR) is 150 cm³/mol. The Balaban J connectivity index is 0.00000353. The minimum atomic E-state index is -0.0801. The van der Waals surface area contributed by atoms with Gasteiger partial charge in [0.1, 0.15) is 34.9 Å². The maximum atomic E-state index is 12.6. The molecular formula is C30H30ClN3O5. The lowest BCUT2D eigenvalue weighted by Gasteiger charge is -2.23. The topological polar surface area (TPSA) is 97.8 Å². The van der Waals surface area contributed by atoms with Crippen molar-refractivity contribution >= 4 is 29.4 Å². The minimum Gasteiger partial charge on any atom is -0.496 e. The molecule has 0 atom stereocenters. The molecule has 0 N–H and O–H groups in total. The number of pyridine rings is 1. The molecule has 2 aromatic carbocycles. The van der Waals surface area contributed by atoms with Crippen LogP contribution in [-0.4, -0.2) is 55.8 Å². The Morgan fingerprint density at radius 2 is 1.90 bits per heavy atom. The average Bonchev–Trinajstić information content (AvgIpc) is 3.41. The van der Waals surface area contributed by atoms with E-state index in [1.54, 1.807) is 37.4 Å². The lowest BCUT2D eigenvalue weighted by atomic mass is 10.0. The number of aromatic nitrogens is 1. The molecule has 0 aliphatic carbocycles. The third kappa shape index (κ3) is 5.70. The normalized spacial score (nSPS) is 13.4. The monoisotopic (exact) mass is 547 g/mol. The highest BCUT2D eigenvalue weighted by Gasteiger charge is 2.20. The second kappa shape index (κ2) is 12.2. The molecule has 8 nitrogen and oxygen atoms in total. The maximum absolute atomic E-state index is 12.6. The van der Waals surface area contributed by atoms with E-state index in [1.165, 1.54) is 0 Å². The number of ether oxygens (including phenoxy) is 3. The quantitative estimate of drug-likeness (QED) is 0.275. The highest BCUT2D eigenvalue weighted by molar-refractivity contribution is 5.96. The lowest BCUT2D eigenvalue weighted by molar-refractivity contribution is 0.0254. The first kappa shape index (κ1) is 28.0. The van der Waals surface area contributed by atoms with Gasteiger partial charge in [0.05, 0.1) is 31.5 Å². The fourth-order valence-corrected chi connectivity index (χ4v) is 4.55. The number of carbonyl (C=O) groups excluding carboxylic acids is 1. The Morgan fingerprint density at radius 1 is 1.10 bits per heavy atom. The van der Waals surface area contributed by atoms with E-state index >= 15 is 0 Å². The number of methoxy groups -OCH3 is 1. The van der Waals surface area contributed by atoms with Crippen molar-refractivity contribution in [3.63, 3.8) is 0 Å². The highest BCUT2D eigenvalue weighted by atomic mass is 35.5. The van der Waals surface area contributed by atoms with E-state index in [-0.39, 0.29) is 24.4 Å². The Bertz CT molecular complexity index is 1520. The molecule has 4 aromatic rings. The number of benzene rings is 2. The van der Waals surface area contributed by atoms with Crippen molar-refractivity contribution in [2.45, 2.75) is 25.9 Å². The molecule has 1 amide bonds. The van der Waals surface area contributed by atoms with Crippen molar-refractivity contribution in [1.82, 2.24) is 9.88 Å². The van der Waals surface area contributed by atoms with Gasteiger partial charge in [0.2, 0.25) is 0 Å². The molecule has 1 aliphatic heterocycles. The van der Waals surface area contributed by atoms with E-state index in [1.807, 2.05) is 43.3 Å². The summed E-state index contributed by atoms with van der Waals surface area (Å²) in [6, 6.07) is 16.9.